The fraction of sp³-hybridized carbons (Fsp3) is 0. The summed E-state index contributed by atoms with van der Waals surface area (Å²) in [5.74, 6) is 1.82. The monoisotopic (exact) mass is 567 g/mol. The van der Waals surface area contributed by atoms with Crippen LogP contribution in [0.1, 0.15) is 5.69 Å². The van der Waals surface area contributed by atoms with Crippen LogP contribution in [0.4, 0.5) is 5.69 Å². The Morgan fingerprint density at radius 1 is 0.523 bits per heavy atom. The van der Waals surface area contributed by atoms with Gasteiger partial charge in [-0.1, -0.05) is 103 Å². The molecule has 0 fully saturated rings. The van der Waals surface area contributed by atoms with Crippen LogP contribution >= 0.6 is 0 Å². The summed E-state index contributed by atoms with van der Waals surface area (Å²) in [6, 6.07) is 43.6. The number of nitrogens with one attached hydrogen (secondary N) is 2. The average Bonchev–Trinajstić information content (AvgIpc) is 3.62. The van der Waals surface area contributed by atoms with Crippen molar-refractivity contribution in [2.75, 3.05) is 5.43 Å². The summed E-state index contributed by atoms with van der Waals surface area (Å²) in [4.78, 5) is 15.2. The van der Waals surface area contributed by atoms with Crippen molar-refractivity contribution in [3.05, 3.63) is 139 Å². The summed E-state index contributed by atoms with van der Waals surface area (Å²) in [5.41, 5.74) is 14.9. The molecule has 5 aromatic carbocycles. The molecule has 0 amide bonds. The van der Waals surface area contributed by atoms with Gasteiger partial charge in [0, 0.05) is 33.8 Å². The molecule has 0 saturated heterocycles. The van der Waals surface area contributed by atoms with E-state index in [0.717, 1.165) is 60.9 Å². The van der Waals surface area contributed by atoms with E-state index in [-0.39, 0.29) is 0 Å². The van der Waals surface area contributed by atoms with E-state index in [2.05, 4.69) is 86.7 Å². The standard InChI is InChI=1S/C37H25N7/c1-4-12-24(13-5-1)35-39-36(25-14-6-2-7-15-25)41-37(40-35)44-29-19-11-10-18-27(29)28-20-21-30-32(34(28)44)33-31(22-23-38-42-33)43(30)26-16-8-3-9-17-26/h1-23,38,42H. The van der Waals surface area contributed by atoms with Crippen LogP contribution in [0.2, 0.25) is 0 Å². The number of para-hydroxylation sites is 2. The van der Waals surface area contributed by atoms with E-state index >= 15 is 0 Å². The van der Waals surface area contributed by atoms with E-state index in [1.54, 1.807) is 0 Å². The van der Waals surface area contributed by atoms with Crippen LogP contribution in [-0.4, -0.2) is 24.1 Å². The van der Waals surface area contributed by atoms with Gasteiger partial charge in [0.2, 0.25) is 5.95 Å². The minimum atomic E-state index is 0.567. The van der Waals surface area contributed by atoms with Crippen LogP contribution < -0.4 is 10.9 Å². The first kappa shape index (κ1) is 24.4. The Labute approximate surface area is 252 Å². The van der Waals surface area contributed by atoms with Crippen LogP contribution in [0.5, 0.6) is 0 Å². The topological polar surface area (TPSA) is 72.6 Å². The highest BCUT2D eigenvalue weighted by Gasteiger charge is 2.25. The second-order valence-corrected chi connectivity index (χ2v) is 10.8. The van der Waals surface area contributed by atoms with Crippen molar-refractivity contribution >= 4 is 44.5 Å². The molecule has 44 heavy (non-hydrogen) atoms. The third-order valence-corrected chi connectivity index (χ3v) is 8.23. The van der Waals surface area contributed by atoms with Crippen molar-refractivity contribution in [1.82, 2.24) is 29.5 Å². The van der Waals surface area contributed by atoms with Gasteiger partial charge in [-0.25, -0.2) is 4.98 Å². The number of fused-ring (bicyclic) bond motifs is 7. The van der Waals surface area contributed by atoms with Crippen LogP contribution in [0.3, 0.4) is 0 Å². The van der Waals surface area contributed by atoms with E-state index in [9.17, 15) is 0 Å². The van der Waals surface area contributed by atoms with Crippen molar-refractivity contribution in [3.63, 3.8) is 0 Å². The molecule has 1 aliphatic heterocycles. The van der Waals surface area contributed by atoms with Gasteiger partial charge in [0.25, 0.3) is 0 Å². The zero-order valence-corrected chi connectivity index (χ0v) is 23.5. The molecule has 4 heterocycles. The van der Waals surface area contributed by atoms with E-state index < -0.39 is 0 Å². The molecule has 0 atom stereocenters. The Morgan fingerprint density at radius 3 is 1.86 bits per heavy atom. The first-order chi connectivity index (χ1) is 21.8. The van der Waals surface area contributed by atoms with E-state index in [4.69, 9.17) is 15.0 Å². The Kier molecular flexibility index (Phi) is 5.36. The second-order valence-electron chi connectivity index (χ2n) is 10.8. The molecule has 0 spiro atoms. The average molecular weight is 568 g/mol. The van der Waals surface area contributed by atoms with Crippen molar-refractivity contribution in [2.45, 2.75) is 0 Å². The molecule has 0 radical (unpaired) electrons. The highest BCUT2D eigenvalue weighted by molar-refractivity contribution is 6.22. The lowest BCUT2D eigenvalue weighted by Crippen LogP contribution is -2.18. The highest BCUT2D eigenvalue weighted by Crippen LogP contribution is 2.43. The molecule has 2 N–H and O–H groups in total. The maximum Gasteiger partial charge on any atom is 0.238 e. The third kappa shape index (κ3) is 3.66. The summed E-state index contributed by atoms with van der Waals surface area (Å²) in [7, 11) is 0. The summed E-state index contributed by atoms with van der Waals surface area (Å²) in [5, 5.41) is 3.34. The Bertz CT molecular complexity index is 2310. The SMILES string of the molecule is C1=Cc2c(c3c(ccc4c5ccccc5n(-c5nc(-c6ccccc6)nc(-c6ccccc6)n5)c43)n2-c2ccccc2)NN1. The maximum absolute atomic E-state index is 5.14. The lowest BCUT2D eigenvalue weighted by molar-refractivity contribution is 0.955. The molecular formula is C37H25N7. The highest BCUT2D eigenvalue weighted by atomic mass is 15.4. The molecular weight excluding hydrogens is 542 g/mol. The van der Waals surface area contributed by atoms with Crippen molar-refractivity contribution in [3.8, 4) is 34.4 Å². The predicted molar refractivity (Wildman–Crippen MR) is 178 cm³/mol. The number of nitrogens with zero attached hydrogens (tertiary/aromatic N) is 5. The summed E-state index contributed by atoms with van der Waals surface area (Å²) < 4.78 is 4.50. The molecule has 1 aliphatic rings. The largest absolute Gasteiger partial charge is 0.308 e. The number of aromatic nitrogens is 5. The number of anilines is 1. The smallest absolute Gasteiger partial charge is 0.238 e. The number of hydrazine groups is 1. The van der Waals surface area contributed by atoms with Gasteiger partial charge in [-0.15, -0.1) is 0 Å². The van der Waals surface area contributed by atoms with Crippen molar-refractivity contribution in [2.24, 2.45) is 0 Å². The lowest BCUT2D eigenvalue weighted by Gasteiger charge is -2.14. The van der Waals surface area contributed by atoms with E-state index in [0.29, 0.717) is 17.6 Å². The van der Waals surface area contributed by atoms with Crippen molar-refractivity contribution in [1.29, 1.82) is 0 Å². The Hall–Kier alpha value is -6.21. The van der Waals surface area contributed by atoms with Crippen LogP contribution in [0.25, 0.3) is 73.2 Å². The van der Waals surface area contributed by atoms with Gasteiger partial charge < -0.3 is 9.99 Å². The summed E-state index contributed by atoms with van der Waals surface area (Å²) in [6.07, 6.45) is 4.04. The quantitative estimate of drug-likeness (QED) is 0.225. The lowest BCUT2D eigenvalue weighted by atomic mass is 10.1. The Balaban J connectivity index is 1.44. The summed E-state index contributed by atoms with van der Waals surface area (Å²) >= 11 is 0. The number of benzene rings is 5. The minimum Gasteiger partial charge on any atom is -0.308 e. The fourth-order valence-corrected chi connectivity index (χ4v) is 6.33. The third-order valence-electron chi connectivity index (χ3n) is 8.23. The summed E-state index contributed by atoms with van der Waals surface area (Å²) in [6.45, 7) is 0. The van der Waals surface area contributed by atoms with Gasteiger partial charge in [0.05, 0.1) is 33.3 Å². The molecule has 9 rings (SSSR count). The number of hydrogen-bond acceptors (Lipinski definition) is 5. The van der Waals surface area contributed by atoms with Crippen LogP contribution in [0, 0.1) is 0 Å². The first-order valence-corrected chi connectivity index (χ1v) is 14.6. The van der Waals surface area contributed by atoms with Gasteiger partial charge >= 0.3 is 0 Å². The molecule has 8 aromatic rings. The molecule has 7 heteroatoms. The van der Waals surface area contributed by atoms with Gasteiger partial charge in [-0.05, 0) is 30.3 Å². The minimum absolute atomic E-state index is 0.567. The molecule has 0 saturated carbocycles. The Morgan fingerprint density at radius 2 is 1.16 bits per heavy atom. The van der Waals surface area contributed by atoms with E-state index in [1.165, 1.54) is 0 Å². The molecule has 0 aliphatic carbocycles. The second kappa shape index (κ2) is 9.68. The first-order valence-electron chi connectivity index (χ1n) is 14.6. The maximum atomic E-state index is 5.14. The fourth-order valence-electron chi connectivity index (χ4n) is 6.33. The van der Waals surface area contributed by atoms with Gasteiger partial charge in [0.15, 0.2) is 11.6 Å². The number of rotatable bonds is 4. The molecule has 3 aromatic heterocycles. The normalized spacial score (nSPS) is 12.4. The number of hydrogen-bond donors (Lipinski definition) is 2. The molecule has 208 valence electrons. The van der Waals surface area contributed by atoms with Gasteiger partial charge in [-0.2, -0.15) is 9.97 Å². The van der Waals surface area contributed by atoms with Crippen molar-refractivity contribution < 1.29 is 0 Å². The van der Waals surface area contributed by atoms with Crippen LogP contribution in [0.15, 0.2) is 134 Å². The zero-order valence-electron chi connectivity index (χ0n) is 23.5. The van der Waals surface area contributed by atoms with E-state index in [1.807, 2.05) is 72.9 Å². The zero-order chi connectivity index (χ0) is 29.0. The van der Waals surface area contributed by atoms with Gasteiger partial charge in [-0.3, -0.25) is 9.99 Å². The predicted octanol–water partition coefficient (Wildman–Crippen LogP) is 8.15. The molecule has 0 unspecified atom stereocenters. The molecule has 0 bridgehead atoms. The van der Waals surface area contributed by atoms with Crippen LogP contribution in [-0.2, 0) is 0 Å². The molecule has 7 nitrogen and oxygen atoms in total. The van der Waals surface area contributed by atoms with Gasteiger partial charge in [0.1, 0.15) is 0 Å².